The number of hydrogen-bond donors (Lipinski definition) is 1. The molecule has 2 aliphatic heterocycles. The van der Waals surface area contributed by atoms with E-state index in [4.69, 9.17) is 0 Å². The first kappa shape index (κ1) is 12.3. The summed E-state index contributed by atoms with van der Waals surface area (Å²) in [5.74, 6) is 0.851. The summed E-state index contributed by atoms with van der Waals surface area (Å²) < 4.78 is 0. The van der Waals surface area contributed by atoms with Crippen molar-refractivity contribution in [2.24, 2.45) is 5.92 Å². The molecule has 3 atom stereocenters. The van der Waals surface area contributed by atoms with Crippen molar-refractivity contribution < 1.29 is 0 Å². The summed E-state index contributed by atoms with van der Waals surface area (Å²) in [4.78, 5) is 5.04. The minimum absolute atomic E-state index is 0.719. The lowest BCUT2D eigenvalue weighted by Gasteiger charge is -2.28. The Balaban J connectivity index is 1.73. The molecule has 0 aliphatic carbocycles. The van der Waals surface area contributed by atoms with E-state index in [2.05, 4.69) is 36.1 Å². The molecule has 16 heavy (non-hydrogen) atoms. The molecule has 0 spiro atoms. The number of likely N-dealkylation sites (tertiary alicyclic amines) is 1. The van der Waals surface area contributed by atoms with Gasteiger partial charge in [-0.2, -0.15) is 0 Å². The van der Waals surface area contributed by atoms with Gasteiger partial charge in [0.1, 0.15) is 0 Å². The minimum Gasteiger partial charge on any atom is -0.312 e. The van der Waals surface area contributed by atoms with E-state index < -0.39 is 0 Å². The summed E-state index contributed by atoms with van der Waals surface area (Å²) in [6.07, 6.45) is 4.11. The van der Waals surface area contributed by atoms with Crippen LogP contribution in [0.25, 0.3) is 0 Å². The van der Waals surface area contributed by atoms with Gasteiger partial charge in [0.15, 0.2) is 0 Å². The van der Waals surface area contributed by atoms with E-state index in [-0.39, 0.29) is 0 Å². The zero-order chi connectivity index (χ0) is 11.5. The molecule has 0 radical (unpaired) electrons. The van der Waals surface area contributed by atoms with Crippen LogP contribution in [0.3, 0.4) is 0 Å². The van der Waals surface area contributed by atoms with E-state index in [1.54, 1.807) is 0 Å². The summed E-state index contributed by atoms with van der Waals surface area (Å²) in [6, 6.07) is 1.51. The molecule has 0 aromatic carbocycles. The molecule has 0 bridgehead atoms. The van der Waals surface area contributed by atoms with Crippen molar-refractivity contribution in [3.8, 4) is 0 Å². The highest BCUT2D eigenvalue weighted by Crippen LogP contribution is 2.18. The topological polar surface area (TPSA) is 18.5 Å². The van der Waals surface area contributed by atoms with Gasteiger partial charge in [0, 0.05) is 25.2 Å². The molecule has 94 valence electrons. The molecule has 3 nitrogen and oxygen atoms in total. The Bertz CT molecular complexity index is 197. The van der Waals surface area contributed by atoms with Crippen molar-refractivity contribution in [1.29, 1.82) is 0 Å². The molecule has 2 aliphatic rings. The average Bonchev–Trinajstić information content (AvgIpc) is 2.79. The van der Waals surface area contributed by atoms with Crippen molar-refractivity contribution in [3.63, 3.8) is 0 Å². The summed E-state index contributed by atoms with van der Waals surface area (Å²) in [7, 11) is 4.54. The van der Waals surface area contributed by atoms with Crippen molar-refractivity contribution in [2.45, 2.75) is 38.3 Å². The van der Waals surface area contributed by atoms with Gasteiger partial charge in [-0.25, -0.2) is 0 Å². The van der Waals surface area contributed by atoms with Crippen LogP contribution in [0.5, 0.6) is 0 Å². The van der Waals surface area contributed by atoms with E-state index in [0.29, 0.717) is 0 Å². The summed E-state index contributed by atoms with van der Waals surface area (Å²) in [5, 5.41) is 3.62. The monoisotopic (exact) mass is 225 g/mol. The molecule has 2 rings (SSSR count). The Morgan fingerprint density at radius 1 is 1.31 bits per heavy atom. The van der Waals surface area contributed by atoms with Crippen LogP contribution >= 0.6 is 0 Å². The second kappa shape index (κ2) is 5.48. The fourth-order valence-corrected chi connectivity index (χ4v) is 3.12. The predicted octanol–water partition coefficient (Wildman–Crippen LogP) is 1.01. The summed E-state index contributed by atoms with van der Waals surface area (Å²) in [6.45, 7) is 7.33. The highest BCUT2D eigenvalue weighted by molar-refractivity contribution is 4.85. The number of nitrogens with one attached hydrogen (secondary N) is 1. The fourth-order valence-electron chi connectivity index (χ4n) is 3.12. The Morgan fingerprint density at radius 2 is 2.12 bits per heavy atom. The van der Waals surface area contributed by atoms with Crippen LogP contribution in [0, 0.1) is 5.92 Å². The maximum absolute atomic E-state index is 3.62. The van der Waals surface area contributed by atoms with E-state index in [0.717, 1.165) is 18.0 Å². The van der Waals surface area contributed by atoms with Gasteiger partial charge in [-0.05, 0) is 52.4 Å². The molecule has 0 aromatic heterocycles. The molecule has 3 unspecified atom stereocenters. The van der Waals surface area contributed by atoms with Crippen LogP contribution in [0.1, 0.15) is 26.2 Å². The van der Waals surface area contributed by atoms with E-state index in [9.17, 15) is 0 Å². The van der Waals surface area contributed by atoms with Gasteiger partial charge in [0.25, 0.3) is 0 Å². The van der Waals surface area contributed by atoms with Crippen LogP contribution in [-0.2, 0) is 0 Å². The Labute approximate surface area is 100 Å². The van der Waals surface area contributed by atoms with Crippen LogP contribution in [0.15, 0.2) is 0 Å². The molecular formula is C13H27N3. The van der Waals surface area contributed by atoms with Crippen LogP contribution in [0.2, 0.25) is 0 Å². The fraction of sp³-hybridized carbons (Fsp3) is 1.00. The van der Waals surface area contributed by atoms with Gasteiger partial charge in [-0.15, -0.1) is 0 Å². The molecule has 0 saturated carbocycles. The molecule has 2 heterocycles. The second-order valence-corrected chi connectivity index (χ2v) is 5.82. The molecular weight excluding hydrogens is 198 g/mol. The molecule has 0 amide bonds. The van der Waals surface area contributed by atoms with Crippen LogP contribution in [-0.4, -0.2) is 62.2 Å². The predicted molar refractivity (Wildman–Crippen MR) is 68.7 cm³/mol. The average molecular weight is 225 g/mol. The first-order valence-corrected chi connectivity index (χ1v) is 6.79. The maximum Gasteiger partial charge on any atom is 0.0220 e. The zero-order valence-corrected chi connectivity index (χ0v) is 11.1. The van der Waals surface area contributed by atoms with Gasteiger partial charge in [-0.1, -0.05) is 6.92 Å². The van der Waals surface area contributed by atoms with Gasteiger partial charge in [-0.3, -0.25) is 0 Å². The third-order valence-electron chi connectivity index (χ3n) is 4.40. The number of rotatable bonds is 4. The maximum atomic E-state index is 3.62. The number of nitrogens with zero attached hydrogens (tertiary/aromatic N) is 2. The Hall–Kier alpha value is -0.120. The van der Waals surface area contributed by atoms with Gasteiger partial charge >= 0.3 is 0 Å². The van der Waals surface area contributed by atoms with Crippen LogP contribution < -0.4 is 5.32 Å². The zero-order valence-electron chi connectivity index (χ0n) is 11.1. The first-order valence-electron chi connectivity index (χ1n) is 6.79. The lowest BCUT2D eigenvalue weighted by Crippen LogP contribution is -2.43. The van der Waals surface area contributed by atoms with Crippen molar-refractivity contribution in [3.05, 3.63) is 0 Å². The third kappa shape index (κ3) is 2.96. The highest BCUT2D eigenvalue weighted by Gasteiger charge is 2.26. The molecule has 1 N–H and O–H groups in total. The normalized spacial score (nSPS) is 36.4. The Morgan fingerprint density at radius 3 is 2.69 bits per heavy atom. The first-order chi connectivity index (χ1) is 7.66. The molecule has 3 heteroatoms. The van der Waals surface area contributed by atoms with Crippen molar-refractivity contribution >= 4 is 0 Å². The van der Waals surface area contributed by atoms with E-state index in [1.807, 2.05) is 0 Å². The standard InChI is InChI=1S/C13H27N3/c1-11-6-7-14-13(11)10-15(2)9-12-5-4-8-16(12)3/h11-14H,4-10H2,1-3H3. The van der Waals surface area contributed by atoms with Crippen molar-refractivity contribution in [2.75, 3.05) is 40.3 Å². The second-order valence-electron chi connectivity index (χ2n) is 5.82. The van der Waals surface area contributed by atoms with Gasteiger partial charge < -0.3 is 15.1 Å². The van der Waals surface area contributed by atoms with E-state index in [1.165, 1.54) is 45.4 Å². The summed E-state index contributed by atoms with van der Waals surface area (Å²) in [5.41, 5.74) is 0. The summed E-state index contributed by atoms with van der Waals surface area (Å²) >= 11 is 0. The Kier molecular flexibility index (Phi) is 4.22. The molecule has 2 saturated heterocycles. The minimum atomic E-state index is 0.719. The molecule has 2 fully saturated rings. The van der Waals surface area contributed by atoms with E-state index >= 15 is 0 Å². The smallest absolute Gasteiger partial charge is 0.0220 e. The highest BCUT2D eigenvalue weighted by atomic mass is 15.2. The van der Waals surface area contributed by atoms with Crippen LogP contribution in [0.4, 0.5) is 0 Å². The lowest BCUT2D eigenvalue weighted by molar-refractivity contribution is 0.202. The quantitative estimate of drug-likeness (QED) is 0.770. The largest absolute Gasteiger partial charge is 0.312 e. The number of likely N-dealkylation sites (N-methyl/N-ethyl adjacent to an activating group) is 2. The third-order valence-corrected chi connectivity index (χ3v) is 4.40. The van der Waals surface area contributed by atoms with Gasteiger partial charge in [0.05, 0.1) is 0 Å². The lowest BCUT2D eigenvalue weighted by atomic mass is 10.0. The SMILES string of the molecule is CC1CCNC1CN(C)CC1CCCN1C. The van der Waals surface area contributed by atoms with Gasteiger partial charge in [0.2, 0.25) is 0 Å². The number of hydrogen-bond acceptors (Lipinski definition) is 3. The van der Waals surface area contributed by atoms with Crippen molar-refractivity contribution in [1.82, 2.24) is 15.1 Å². The molecule has 0 aromatic rings.